The third kappa shape index (κ3) is 3.88. The van der Waals surface area contributed by atoms with Crippen LogP contribution in [0.15, 0.2) is 49.1 Å². The Hall–Kier alpha value is -2.76. The van der Waals surface area contributed by atoms with Gasteiger partial charge in [-0.15, -0.1) is 0 Å². The minimum Gasteiger partial charge on any atom is -0.463 e. The van der Waals surface area contributed by atoms with Gasteiger partial charge in [-0.1, -0.05) is 0 Å². The first-order valence-electron chi connectivity index (χ1n) is 6.13. The predicted octanol–water partition coefficient (Wildman–Crippen LogP) is 2.03. The molecule has 102 valence electrons. The highest BCUT2D eigenvalue weighted by atomic mass is 16.5. The summed E-state index contributed by atoms with van der Waals surface area (Å²) in [6.45, 7) is 2.10. The van der Waals surface area contributed by atoms with Gasteiger partial charge >= 0.3 is 5.97 Å². The highest BCUT2D eigenvalue weighted by molar-refractivity contribution is 5.82. The van der Waals surface area contributed by atoms with Crippen molar-refractivity contribution in [2.45, 2.75) is 6.92 Å². The molecule has 0 aliphatic heterocycles. The van der Waals surface area contributed by atoms with E-state index in [1.165, 1.54) is 12.3 Å². The van der Waals surface area contributed by atoms with Crippen molar-refractivity contribution >= 4 is 11.8 Å². The molecule has 0 unspecified atom stereocenters. The van der Waals surface area contributed by atoms with Crippen molar-refractivity contribution in [1.29, 1.82) is 0 Å². The van der Waals surface area contributed by atoms with Gasteiger partial charge in [0, 0.05) is 36.4 Å². The van der Waals surface area contributed by atoms with E-state index in [1.807, 2.05) is 12.1 Å². The quantitative estimate of drug-likeness (QED) is 0.661. The number of esters is 1. The number of nitrogens with one attached hydrogen (secondary N) is 1. The van der Waals surface area contributed by atoms with E-state index >= 15 is 0 Å². The Bertz CT molecular complexity index is 599. The lowest BCUT2D eigenvalue weighted by Crippen LogP contribution is -2.01. The zero-order valence-electron chi connectivity index (χ0n) is 11.0. The number of rotatable bonds is 5. The van der Waals surface area contributed by atoms with Gasteiger partial charge in [0.1, 0.15) is 5.82 Å². The van der Waals surface area contributed by atoms with Crippen molar-refractivity contribution in [3.63, 3.8) is 0 Å². The molecule has 0 radical (unpaired) electrons. The van der Waals surface area contributed by atoms with E-state index in [9.17, 15) is 4.79 Å². The van der Waals surface area contributed by atoms with Crippen molar-refractivity contribution < 1.29 is 9.53 Å². The number of hydrogen-bond donors (Lipinski definition) is 1. The Balaban J connectivity index is 2.05. The number of aromatic nitrogens is 3. The number of pyridine rings is 1. The van der Waals surface area contributed by atoms with Crippen LogP contribution in [-0.4, -0.2) is 27.5 Å². The molecule has 0 amide bonds. The number of ether oxygens (including phenoxy) is 1. The largest absolute Gasteiger partial charge is 0.463 e. The second-order valence-electron chi connectivity index (χ2n) is 3.73. The first kappa shape index (κ1) is 13.7. The summed E-state index contributed by atoms with van der Waals surface area (Å²) in [5, 5.41) is 2.90. The zero-order valence-corrected chi connectivity index (χ0v) is 11.0. The van der Waals surface area contributed by atoms with E-state index in [-0.39, 0.29) is 0 Å². The van der Waals surface area contributed by atoms with Gasteiger partial charge in [-0.3, -0.25) is 4.98 Å². The van der Waals surface area contributed by atoms with Crippen LogP contribution < -0.4 is 5.32 Å². The molecule has 6 heteroatoms. The van der Waals surface area contributed by atoms with Gasteiger partial charge in [-0.25, -0.2) is 14.8 Å². The minimum absolute atomic E-state index is 0.350. The topological polar surface area (TPSA) is 77.0 Å². The van der Waals surface area contributed by atoms with Crippen molar-refractivity contribution in [1.82, 2.24) is 15.0 Å². The lowest BCUT2D eigenvalue weighted by molar-refractivity contribution is -0.137. The number of carbonyl (C=O) groups excluding carboxylic acids is 1. The Morgan fingerprint density at radius 3 is 2.85 bits per heavy atom. The maximum Gasteiger partial charge on any atom is 0.332 e. The Kier molecular flexibility index (Phi) is 4.77. The molecule has 1 N–H and O–H groups in total. The fourth-order valence-electron chi connectivity index (χ4n) is 1.46. The molecular formula is C14H14N4O2. The van der Waals surface area contributed by atoms with Gasteiger partial charge in [0.25, 0.3) is 0 Å². The lowest BCUT2D eigenvalue weighted by atomic mass is 10.2. The number of hydrogen-bond acceptors (Lipinski definition) is 6. The van der Waals surface area contributed by atoms with Gasteiger partial charge < -0.3 is 10.1 Å². The molecule has 0 aromatic carbocycles. The van der Waals surface area contributed by atoms with Crippen LogP contribution in [0.1, 0.15) is 6.92 Å². The number of nitrogens with zero attached hydrogens (tertiary/aromatic N) is 3. The smallest absolute Gasteiger partial charge is 0.332 e. The lowest BCUT2D eigenvalue weighted by Gasteiger charge is -2.03. The molecule has 2 heterocycles. The van der Waals surface area contributed by atoms with Gasteiger partial charge in [-0.05, 0) is 25.1 Å². The first-order valence-corrected chi connectivity index (χ1v) is 6.13. The Morgan fingerprint density at radius 1 is 1.30 bits per heavy atom. The van der Waals surface area contributed by atoms with E-state index in [2.05, 4.69) is 20.3 Å². The van der Waals surface area contributed by atoms with Crippen LogP contribution in [0.2, 0.25) is 0 Å². The third-order valence-electron chi connectivity index (χ3n) is 2.33. The molecule has 0 aliphatic carbocycles. The van der Waals surface area contributed by atoms with Gasteiger partial charge in [0.15, 0.2) is 5.82 Å². The normalized spacial score (nSPS) is 10.4. The molecule has 2 rings (SSSR count). The summed E-state index contributed by atoms with van der Waals surface area (Å²) < 4.78 is 4.77. The molecule has 6 nitrogen and oxygen atoms in total. The third-order valence-corrected chi connectivity index (χ3v) is 2.33. The molecule has 20 heavy (non-hydrogen) atoms. The summed E-state index contributed by atoms with van der Waals surface area (Å²) >= 11 is 0. The van der Waals surface area contributed by atoms with Crippen LogP contribution in [0.5, 0.6) is 0 Å². The van der Waals surface area contributed by atoms with Gasteiger partial charge in [0.05, 0.1) is 6.61 Å². The van der Waals surface area contributed by atoms with E-state index in [0.29, 0.717) is 18.2 Å². The van der Waals surface area contributed by atoms with Crippen LogP contribution in [-0.2, 0) is 9.53 Å². The molecule has 0 saturated heterocycles. The van der Waals surface area contributed by atoms with Crippen molar-refractivity contribution in [2.24, 2.45) is 0 Å². The highest BCUT2D eigenvalue weighted by Crippen LogP contribution is 2.14. The van der Waals surface area contributed by atoms with Gasteiger partial charge in [0.2, 0.25) is 0 Å². The second-order valence-corrected chi connectivity index (χ2v) is 3.73. The van der Waals surface area contributed by atoms with Crippen LogP contribution in [0.3, 0.4) is 0 Å². The molecule has 0 saturated carbocycles. The maximum atomic E-state index is 11.1. The summed E-state index contributed by atoms with van der Waals surface area (Å²) in [5.41, 5.74) is 0.873. The molecule has 0 atom stereocenters. The van der Waals surface area contributed by atoms with Crippen LogP contribution >= 0.6 is 0 Å². The molecule has 2 aromatic rings. The SMILES string of the molecule is CCOC(=O)C=CNc1ccnc(-c2ccncc2)n1. The summed E-state index contributed by atoms with van der Waals surface area (Å²) in [6.07, 6.45) is 7.79. The monoisotopic (exact) mass is 270 g/mol. The molecule has 0 aliphatic rings. The molecule has 0 spiro atoms. The Labute approximate surface area is 116 Å². The standard InChI is InChI=1S/C14H14N4O2/c1-2-20-13(19)6-10-16-12-5-9-17-14(18-12)11-3-7-15-8-4-11/h3-10H,2H2,1H3,(H,16,17,18). The fourth-order valence-corrected chi connectivity index (χ4v) is 1.46. The van der Waals surface area contributed by atoms with Crippen LogP contribution in [0.25, 0.3) is 11.4 Å². The summed E-state index contributed by atoms with van der Waals surface area (Å²) in [6, 6.07) is 5.36. The average molecular weight is 270 g/mol. The summed E-state index contributed by atoms with van der Waals surface area (Å²) in [7, 11) is 0. The summed E-state index contributed by atoms with van der Waals surface area (Å²) in [4.78, 5) is 23.6. The number of carbonyl (C=O) groups is 1. The Morgan fingerprint density at radius 2 is 2.10 bits per heavy atom. The second kappa shape index (κ2) is 6.98. The van der Waals surface area contributed by atoms with Crippen LogP contribution in [0.4, 0.5) is 5.82 Å². The van der Waals surface area contributed by atoms with E-state index in [1.54, 1.807) is 31.6 Å². The van der Waals surface area contributed by atoms with Crippen LogP contribution in [0, 0.1) is 0 Å². The maximum absolute atomic E-state index is 11.1. The number of anilines is 1. The van der Waals surface area contributed by atoms with Gasteiger partial charge in [-0.2, -0.15) is 0 Å². The predicted molar refractivity (Wildman–Crippen MR) is 74.7 cm³/mol. The summed E-state index contributed by atoms with van der Waals surface area (Å²) in [5.74, 6) is 0.776. The first-order chi connectivity index (χ1) is 9.79. The van der Waals surface area contributed by atoms with E-state index in [0.717, 1.165) is 5.56 Å². The fraction of sp³-hybridized carbons (Fsp3) is 0.143. The molecular weight excluding hydrogens is 256 g/mol. The van der Waals surface area contributed by atoms with Crippen molar-refractivity contribution in [3.8, 4) is 11.4 Å². The molecule has 0 bridgehead atoms. The van der Waals surface area contributed by atoms with Crippen molar-refractivity contribution in [2.75, 3.05) is 11.9 Å². The van der Waals surface area contributed by atoms with E-state index in [4.69, 9.17) is 4.74 Å². The van der Waals surface area contributed by atoms with Crippen molar-refractivity contribution in [3.05, 3.63) is 49.1 Å². The average Bonchev–Trinajstić information content (AvgIpc) is 2.49. The highest BCUT2D eigenvalue weighted by Gasteiger charge is 2.01. The molecule has 0 fully saturated rings. The minimum atomic E-state index is -0.400. The zero-order chi connectivity index (χ0) is 14.2. The van der Waals surface area contributed by atoms with E-state index < -0.39 is 5.97 Å². The molecule has 2 aromatic heterocycles.